The van der Waals surface area contributed by atoms with Gasteiger partial charge < -0.3 is 9.84 Å². The lowest BCUT2D eigenvalue weighted by molar-refractivity contribution is 0.422. The van der Waals surface area contributed by atoms with Gasteiger partial charge in [0.15, 0.2) is 5.82 Å². The van der Waals surface area contributed by atoms with E-state index >= 15 is 0 Å². The summed E-state index contributed by atoms with van der Waals surface area (Å²) in [7, 11) is 1.91. The second-order valence-electron chi connectivity index (χ2n) is 4.65. The number of benzene rings is 1. The molecule has 18 heavy (non-hydrogen) atoms. The lowest BCUT2D eigenvalue weighted by atomic mass is 10.0. The maximum Gasteiger partial charge on any atom is 0.257 e. The van der Waals surface area contributed by atoms with Crippen LogP contribution in [0.1, 0.15) is 31.2 Å². The summed E-state index contributed by atoms with van der Waals surface area (Å²) in [4.78, 5) is 4.37. The fraction of sp³-hybridized carbons (Fsp3) is 0.429. The van der Waals surface area contributed by atoms with Crippen LogP contribution in [0.2, 0.25) is 0 Å². The molecule has 0 aliphatic carbocycles. The molecule has 0 unspecified atom stereocenters. The monoisotopic (exact) mass is 245 g/mol. The van der Waals surface area contributed by atoms with Crippen molar-refractivity contribution in [1.29, 1.82) is 0 Å². The van der Waals surface area contributed by atoms with Crippen LogP contribution in [-0.4, -0.2) is 23.7 Å². The van der Waals surface area contributed by atoms with Crippen LogP contribution >= 0.6 is 0 Å². The minimum absolute atomic E-state index is 0.535. The first-order valence-electron chi connectivity index (χ1n) is 6.28. The van der Waals surface area contributed by atoms with Gasteiger partial charge in [0, 0.05) is 18.5 Å². The quantitative estimate of drug-likeness (QED) is 0.879. The molecule has 1 N–H and O–H groups in total. The molecule has 0 saturated carbocycles. The zero-order valence-corrected chi connectivity index (χ0v) is 11.1. The maximum atomic E-state index is 5.26. The molecule has 0 fully saturated rings. The average molecular weight is 245 g/mol. The molecule has 4 heteroatoms. The minimum atomic E-state index is 0.535. The molecule has 0 atom stereocenters. The lowest BCUT2D eigenvalue weighted by Gasteiger charge is -2.04. The molecule has 2 aromatic rings. The van der Waals surface area contributed by atoms with E-state index in [-0.39, 0.29) is 0 Å². The van der Waals surface area contributed by atoms with E-state index in [1.807, 2.05) is 19.2 Å². The van der Waals surface area contributed by atoms with Crippen molar-refractivity contribution in [3.63, 3.8) is 0 Å². The van der Waals surface area contributed by atoms with Crippen molar-refractivity contribution in [1.82, 2.24) is 15.5 Å². The molecular formula is C14H19N3O. The Labute approximate surface area is 107 Å². The van der Waals surface area contributed by atoms with Crippen molar-refractivity contribution in [3.05, 3.63) is 35.7 Å². The molecule has 0 bridgehead atoms. The summed E-state index contributed by atoms with van der Waals surface area (Å²) in [5, 5.41) is 7.02. The van der Waals surface area contributed by atoms with E-state index in [9.17, 15) is 0 Å². The summed E-state index contributed by atoms with van der Waals surface area (Å²) in [6, 6.07) is 8.28. The number of rotatable bonds is 5. The first-order chi connectivity index (χ1) is 8.70. The van der Waals surface area contributed by atoms with Gasteiger partial charge in [-0.05, 0) is 30.7 Å². The molecule has 1 heterocycles. The van der Waals surface area contributed by atoms with Crippen LogP contribution in [0.5, 0.6) is 0 Å². The Hall–Kier alpha value is -1.68. The molecule has 0 aliphatic rings. The van der Waals surface area contributed by atoms with Gasteiger partial charge in [-0.25, -0.2) is 0 Å². The zero-order valence-electron chi connectivity index (χ0n) is 11.1. The smallest absolute Gasteiger partial charge is 0.257 e. The van der Waals surface area contributed by atoms with E-state index in [2.05, 4.69) is 41.4 Å². The third-order valence-electron chi connectivity index (χ3n) is 2.89. The second-order valence-corrected chi connectivity index (χ2v) is 4.65. The Morgan fingerprint density at radius 2 is 1.94 bits per heavy atom. The highest BCUT2D eigenvalue weighted by Gasteiger charge is 2.08. The van der Waals surface area contributed by atoms with E-state index in [1.165, 1.54) is 5.56 Å². The Balaban J connectivity index is 2.13. The fourth-order valence-corrected chi connectivity index (χ4v) is 1.72. The van der Waals surface area contributed by atoms with Crippen LogP contribution in [0.3, 0.4) is 0 Å². The summed E-state index contributed by atoms with van der Waals surface area (Å²) in [6.45, 7) is 5.21. The molecule has 2 rings (SSSR count). The largest absolute Gasteiger partial charge is 0.334 e. The highest BCUT2D eigenvalue weighted by atomic mass is 16.5. The Bertz CT molecular complexity index is 488. The van der Waals surface area contributed by atoms with Crippen LogP contribution in [0.25, 0.3) is 11.5 Å². The normalized spacial score (nSPS) is 11.1. The van der Waals surface area contributed by atoms with Crippen LogP contribution in [0, 0.1) is 0 Å². The lowest BCUT2D eigenvalue weighted by Crippen LogP contribution is -2.10. The van der Waals surface area contributed by atoms with E-state index < -0.39 is 0 Å². The topological polar surface area (TPSA) is 51.0 Å². The zero-order chi connectivity index (χ0) is 13.0. The van der Waals surface area contributed by atoms with Crippen molar-refractivity contribution >= 4 is 0 Å². The number of aromatic nitrogens is 2. The van der Waals surface area contributed by atoms with Crippen LogP contribution in [-0.2, 0) is 6.42 Å². The summed E-state index contributed by atoms with van der Waals surface area (Å²) >= 11 is 0. The minimum Gasteiger partial charge on any atom is -0.334 e. The maximum absolute atomic E-state index is 5.26. The number of nitrogens with zero attached hydrogens (tertiary/aromatic N) is 2. The second kappa shape index (κ2) is 5.78. The molecule has 1 aromatic heterocycles. The van der Waals surface area contributed by atoms with E-state index in [4.69, 9.17) is 4.52 Å². The predicted octanol–water partition coefficient (Wildman–Crippen LogP) is 2.62. The van der Waals surface area contributed by atoms with Gasteiger partial charge in [0.2, 0.25) is 0 Å². The first kappa shape index (κ1) is 12.8. The van der Waals surface area contributed by atoms with Gasteiger partial charge in [-0.3, -0.25) is 0 Å². The molecule has 0 radical (unpaired) electrons. The Morgan fingerprint density at radius 3 is 2.56 bits per heavy atom. The van der Waals surface area contributed by atoms with Crippen molar-refractivity contribution < 1.29 is 4.52 Å². The summed E-state index contributed by atoms with van der Waals surface area (Å²) in [5.41, 5.74) is 2.29. The van der Waals surface area contributed by atoms with Gasteiger partial charge in [-0.15, -0.1) is 0 Å². The average Bonchev–Trinajstić information content (AvgIpc) is 2.85. The van der Waals surface area contributed by atoms with Gasteiger partial charge >= 0.3 is 0 Å². The molecular weight excluding hydrogens is 226 g/mol. The van der Waals surface area contributed by atoms with Gasteiger partial charge in [0.25, 0.3) is 5.89 Å². The van der Waals surface area contributed by atoms with Crippen LogP contribution < -0.4 is 5.32 Å². The Kier molecular flexibility index (Phi) is 4.10. The predicted molar refractivity (Wildman–Crippen MR) is 71.5 cm³/mol. The molecule has 1 aromatic carbocycles. The first-order valence-corrected chi connectivity index (χ1v) is 6.28. The third kappa shape index (κ3) is 2.96. The number of likely N-dealkylation sites (N-methyl/N-ethyl adjacent to an activating group) is 1. The van der Waals surface area contributed by atoms with E-state index in [0.717, 1.165) is 24.4 Å². The fourth-order valence-electron chi connectivity index (χ4n) is 1.72. The SMILES string of the molecule is CNCCc1noc(-c2ccc(C(C)C)cc2)n1. The molecule has 0 spiro atoms. The molecule has 4 nitrogen and oxygen atoms in total. The number of nitrogens with one attached hydrogen (secondary N) is 1. The van der Waals surface area contributed by atoms with Crippen molar-refractivity contribution in [2.45, 2.75) is 26.2 Å². The number of hydrogen-bond acceptors (Lipinski definition) is 4. The molecule has 96 valence electrons. The highest BCUT2D eigenvalue weighted by molar-refractivity contribution is 5.53. The van der Waals surface area contributed by atoms with Gasteiger partial charge in [0.05, 0.1) is 0 Å². The molecule has 0 aliphatic heterocycles. The van der Waals surface area contributed by atoms with Crippen molar-refractivity contribution in [2.24, 2.45) is 0 Å². The van der Waals surface area contributed by atoms with Crippen molar-refractivity contribution in [3.8, 4) is 11.5 Å². The molecule has 0 saturated heterocycles. The summed E-state index contributed by atoms with van der Waals surface area (Å²) < 4.78 is 5.26. The summed E-state index contributed by atoms with van der Waals surface area (Å²) in [6.07, 6.45) is 0.782. The Morgan fingerprint density at radius 1 is 1.22 bits per heavy atom. The van der Waals surface area contributed by atoms with Gasteiger partial charge in [0.1, 0.15) is 0 Å². The van der Waals surface area contributed by atoms with Gasteiger partial charge in [-0.2, -0.15) is 4.98 Å². The van der Waals surface area contributed by atoms with Crippen molar-refractivity contribution in [2.75, 3.05) is 13.6 Å². The third-order valence-corrected chi connectivity index (χ3v) is 2.89. The summed E-state index contributed by atoms with van der Waals surface area (Å²) in [5.74, 6) is 1.87. The number of hydrogen-bond donors (Lipinski definition) is 1. The van der Waals surface area contributed by atoms with E-state index in [1.54, 1.807) is 0 Å². The molecule has 0 amide bonds. The van der Waals surface area contributed by atoms with Crippen LogP contribution in [0.4, 0.5) is 0 Å². The van der Waals surface area contributed by atoms with Gasteiger partial charge in [-0.1, -0.05) is 31.1 Å². The van der Waals surface area contributed by atoms with E-state index in [0.29, 0.717) is 11.8 Å². The highest BCUT2D eigenvalue weighted by Crippen LogP contribution is 2.21. The standard InChI is InChI=1S/C14H19N3O/c1-10(2)11-4-6-12(7-5-11)14-16-13(17-18-14)8-9-15-3/h4-7,10,15H,8-9H2,1-3H3. The van der Waals surface area contributed by atoms with Crippen LogP contribution in [0.15, 0.2) is 28.8 Å².